The summed E-state index contributed by atoms with van der Waals surface area (Å²) in [4.78, 5) is 41.9. The Labute approximate surface area is 302 Å². The fraction of sp³-hybridized carbons (Fsp3) is 0.425. The first-order valence-corrected chi connectivity index (χ1v) is 17.5. The van der Waals surface area contributed by atoms with Gasteiger partial charge in [-0.3, -0.25) is 19.0 Å². The van der Waals surface area contributed by atoms with Gasteiger partial charge in [0.25, 0.3) is 5.56 Å². The van der Waals surface area contributed by atoms with Crippen LogP contribution in [0, 0.1) is 31.3 Å². The molecule has 0 unspecified atom stereocenters. The van der Waals surface area contributed by atoms with Gasteiger partial charge in [-0.05, 0) is 99.4 Å². The lowest BCUT2D eigenvalue weighted by molar-refractivity contribution is -0.144. The molecular weight excluding hydrogens is 678 g/mol. The number of likely N-dealkylation sites (tertiary alicyclic amines) is 1. The van der Waals surface area contributed by atoms with E-state index in [1.165, 1.54) is 37.4 Å². The molecule has 0 radical (unpaired) electrons. The molecule has 0 saturated carbocycles. The number of ether oxygens (including phenoxy) is 2. The molecule has 0 bridgehead atoms. The number of nitrogens with one attached hydrogen (secondary N) is 1. The van der Waals surface area contributed by atoms with Gasteiger partial charge in [0.1, 0.15) is 29.6 Å². The highest BCUT2D eigenvalue weighted by Crippen LogP contribution is 2.38. The summed E-state index contributed by atoms with van der Waals surface area (Å²) >= 11 is 0. The molecular formula is C40H47F4N3O5. The van der Waals surface area contributed by atoms with Crippen molar-refractivity contribution in [1.29, 1.82) is 0 Å². The van der Waals surface area contributed by atoms with Crippen LogP contribution in [-0.2, 0) is 20.7 Å². The summed E-state index contributed by atoms with van der Waals surface area (Å²) in [5, 5.41) is 2.73. The third kappa shape index (κ3) is 10.2. The normalized spacial score (nSPS) is 15.6. The van der Waals surface area contributed by atoms with Crippen LogP contribution in [0.25, 0.3) is 11.1 Å². The highest BCUT2D eigenvalue weighted by molar-refractivity contribution is 5.82. The Morgan fingerprint density at radius 3 is 2.52 bits per heavy atom. The minimum atomic E-state index is -1.31. The lowest BCUT2D eigenvalue weighted by Crippen LogP contribution is -2.40. The number of aromatic nitrogens is 1. The lowest BCUT2D eigenvalue weighted by atomic mass is 9.92. The largest absolute Gasteiger partial charge is 0.493 e. The van der Waals surface area contributed by atoms with E-state index < -0.39 is 59.6 Å². The zero-order valence-corrected chi connectivity index (χ0v) is 30.0. The predicted molar refractivity (Wildman–Crippen MR) is 192 cm³/mol. The quantitative estimate of drug-likeness (QED) is 0.0636. The van der Waals surface area contributed by atoms with E-state index in [2.05, 4.69) is 18.5 Å². The molecule has 3 aromatic rings. The first-order valence-electron chi connectivity index (χ1n) is 17.5. The summed E-state index contributed by atoms with van der Waals surface area (Å²) in [5.41, 5.74) is 0.985. The number of hydrogen-bond acceptors (Lipinski definition) is 6. The summed E-state index contributed by atoms with van der Waals surface area (Å²) in [6.07, 6.45) is 5.09. The summed E-state index contributed by atoms with van der Waals surface area (Å²) in [7, 11) is 0. The van der Waals surface area contributed by atoms with Crippen LogP contribution in [0.3, 0.4) is 0 Å². The molecule has 1 aliphatic rings. The first kappa shape index (κ1) is 40.1. The second kappa shape index (κ2) is 18.7. The Morgan fingerprint density at radius 1 is 1.08 bits per heavy atom. The van der Waals surface area contributed by atoms with Crippen LogP contribution in [0.5, 0.6) is 5.75 Å². The highest BCUT2D eigenvalue weighted by atomic mass is 19.1. The number of aryl methyl sites for hydroxylation is 2. The monoisotopic (exact) mass is 725 g/mol. The zero-order valence-electron chi connectivity index (χ0n) is 30.0. The fourth-order valence-corrected chi connectivity index (χ4v) is 6.47. The minimum Gasteiger partial charge on any atom is -0.493 e. The number of rotatable bonds is 18. The van der Waals surface area contributed by atoms with Crippen molar-refractivity contribution in [3.05, 3.63) is 112 Å². The topological polar surface area (TPSA) is 89.9 Å². The number of halogens is 4. The molecule has 1 saturated heterocycles. The van der Waals surface area contributed by atoms with Crippen molar-refractivity contribution in [3.63, 3.8) is 0 Å². The van der Waals surface area contributed by atoms with E-state index >= 15 is 8.78 Å². The third-order valence-corrected chi connectivity index (χ3v) is 9.03. The van der Waals surface area contributed by atoms with E-state index in [9.17, 15) is 23.2 Å². The van der Waals surface area contributed by atoms with Crippen molar-refractivity contribution in [2.45, 2.75) is 77.6 Å². The smallest absolute Gasteiger partial charge is 0.308 e. The number of hydrogen-bond donors (Lipinski definition) is 1. The minimum absolute atomic E-state index is 0.0341. The summed E-state index contributed by atoms with van der Waals surface area (Å²) in [5.74, 6) is -3.55. The van der Waals surface area contributed by atoms with E-state index in [1.54, 1.807) is 26.0 Å². The Balaban J connectivity index is 1.73. The van der Waals surface area contributed by atoms with Crippen LogP contribution in [0.4, 0.5) is 17.6 Å². The Morgan fingerprint density at radius 2 is 1.85 bits per heavy atom. The summed E-state index contributed by atoms with van der Waals surface area (Å²) < 4.78 is 71.5. The van der Waals surface area contributed by atoms with Crippen molar-refractivity contribution in [1.82, 2.24) is 14.8 Å². The zero-order chi connectivity index (χ0) is 37.9. The van der Waals surface area contributed by atoms with Crippen LogP contribution in [-0.4, -0.2) is 60.4 Å². The van der Waals surface area contributed by atoms with Crippen molar-refractivity contribution in [3.8, 4) is 16.9 Å². The number of allylic oxidation sites excluding steroid dienone is 2. The van der Waals surface area contributed by atoms with Crippen molar-refractivity contribution in [2.24, 2.45) is 0 Å². The molecule has 1 aliphatic heterocycles. The second-order valence-corrected chi connectivity index (χ2v) is 13.0. The van der Waals surface area contributed by atoms with Crippen LogP contribution in [0.2, 0.25) is 0 Å². The van der Waals surface area contributed by atoms with Gasteiger partial charge in [0.2, 0.25) is 5.91 Å². The van der Waals surface area contributed by atoms with E-state index in [0.717, 1.165) is 10.6 Å². The van der Waals surface area contributed by atoms with Gasteiger partial charge in [-0.15, -0.1) is 13.2 Å². The molecule has 12 heteroatoms. The molecule has 3 atom stereocenters. The molecule has 8 nitrogen and oxygen atoms in total. The van der Waals surface area contributed by atoms with E-state index in [4.69, 9.17) is 9.47 Å². The maximum atomic E-state index is 16.1. The lowest BCUT2D eigenvalue weighted by Gasteiger charge is -2.25. The maximum absolute atomic E-state index is 16.1. The summed E-state index contributed by atoms with van der Waals surface area (Å²) in [6.45, 7) is 13.8. The predicted octanol–water partition coefficient (Wildman–Crippen LogP) is 7.41. The van der Waals surface area contributed by atoms with E-state index in [1.807, 2.05) is 4.90 Å². The number of unbranched alkanes of at least 4 members (excludes halogenated alkanes) is 1. The van der Waals surface area contributed by atoms with Crippen molar-refractivity contribution < 1.29 is 36.6 Å². The molecule has 52 heavy (non-hydrogen) atoms. The van der Waals surface area contributed by atoms with Crippen molar-refractivity contribution >= 4 is 11.9 Å². The van der Waals surface area contributed by atoms with E-state index in [0.29, 0.717) is 61.0 Å². The van der Waals surface area contributed by atoms with Gasteiger partial charge in [0.15, 0.2) is 5.82 Å². The van der Waals surface area contributed by atoms with Crippen LogP contribution < -0.4 is 15.6 Å². The van der Waals surface area contributed by atoms with Gasteiger partial charge in [-0.1, -0.05) is 12.2 Å². The number of carbonyl (C=O) groups is 2. The Kier molecular flexibility index (Phi) is 14.4. The van der Waals surface area contributed by atoms with E-state index in [-0.39, 0.29) is 43.1 Å². The van der Waals surface area contributed by atoms with Crippen LogP contribution >= 0.6 is 0 Å². The third-order valence-electron chi connectivity index (χ3n) is 9.03. The molecule has 1 N–H and O–H groups in total. The number of esters is 1. The van der Waals surface area contributed by atoms with Gasteiger partial charge in [-0.2, -0.15) is 0 Å². The average molecular weight is 726 g/mol. The molecule has 2 aromatic carbocycles. The van der Waals surface area contributed by atoms with Crippen LogP contribution in [0.1, 0.15) is 73.4 Å². The maximum Gasteiger partial charge on any atom is 0.308 e. The number of nitrogens with zero attached hydrogens (tertiary/aromatic N) is 2. The number of amides is 1. The average Bonchev–Trinajstić information content (AvgIpc) is 3.51. The number of pyridine rings is 1. The molecule has 2 heterocycles. The molecule has 0 spiro atoms. The van der Waals surface area contributed by atoms with Gasteiger partial charge in [-0.25, -0.2) is 17.6 Å². The van der Waals surface area contributed by atoms with Gasteiger partial charge >= 0.3 is 5.97 Å². The second-order valence-electron chi connectivity index (χ2n) is 13.0. The summed E-state index contributed by atoms with van der Waals surface area (Å²) in [6, 6.07) is 4.13. The van der Waals surface area contributed by atoms with Gasteiger partial charge in [0, 0.05) is 43.0 Å². The number of carbonyl (C=O) groups excluding carboxylic acids is 2. The molecule has 280 valence electrons. The highest BCUT2D eigenvalue weighted by Gasteiger charge is 2.30. The molecule has 1 fully saturated rings. The van der Waals surface area contributed by atoms with Gasteiger partial charge in [0.05, 0.1) is 25.7 Å². The fourth-order valence-electron chi connectivity index (χ4n) is 6.47. The standard InChI is InChI=1S/C40H47F4N3O5/c1-6-9-10-16-52-35-21-30(42)18-25(4)37(35)28-17-26(5)38(44)31(20-28)33(22-36(48)51-8-3)45-39(49)34(11-7-2)47-23-27(19-32(43)40(47)50)12-14-46-15-13-29(41)24-46/h6-7,17-21,23,29,33-34H,1-2,8-16,22,24H2,3-5H3,(H,45,49)/t29-,33+,34+/m1/s1. The number of alkyl halides is 1. The number of benzene rings is 2. The van der Waals surface area contributed by atoms with Gasteiger partial charge < -0.3 is 19.7 Å². The molecule has 0 aliphatic carbocycles. The first-order chi connectivity index (χ1) is 24.9. The Bertz CT molecular complexity index is 1830. The van der Waals surface area contributed by atoms with Crippen LogP contribution in [0.15, 0.2) is 66.6 Å². The molecule has 1 amide bonds. The SMILES string of the molecule is C=CCCCOc1cc(F)cc(C)c1-c1cc(C)c(F)c([C@H](CC(=O)OCC)NC(=O)[C@H](CC=C)n2cc(CCN3CC[C@@H](F)C3)cc(F)c2=O)c1. The molecule has 4 rings (SSSR count). The molecule has 1 aromatic heterocycles. The van der Waals surface area contributed by atoms with Crippen molar-refractivity contribution in [2.75, 3.05) is 32.8 Å². The Hall–Kier alpha value is -4.71.